The van der Waals surface area contributed by atoms with Gasteiger partial charge in [0, 0.05) is 25.2 Å². The van der Waals surface area contributed by atoms with Gasteiger partial charge in [0.05, 0.1) is 11.0 Å². The first-order valence-electron chi connectivity index (χ1n) is 5.46. The first kappa shape index (κ1) is 12.0. The van der Waals surface area contributed by atoms with Gasteiger partial charge in [-0.1, -0.05) is 18.2 Å². The van der Waals surface area contributed by atoms with Crippen molar-refractivity contribution in [1.82, 2.24) is 14.9 Å². The molecule has 2 heterocycles. The predicted octanol–water partition coefficient (Wildman–Crippen LogP) is 1.59. The standard InChI is InChI=1S/C12H13N3O.ClH/c16-12-14-10-3-1-2-4-11(10)15(12)9-5-7-13-8-6-9;/h1-5,13H,6-8H2,(H,14,16);1H. The highest BCUT2D eigenvalue weighted by molar-refractivity contribution is 5.85. The first-order valence-corrected chi connectivity index (χ1v) is 5.46. The Hall–Kier alpha value is -1.52. The van der Waals surface area contributed by atoms with Crippen molar-refractivity contribution in [2.75, 3.05) is 13.1 Å². The molecule has 5 heteroatoms. The van der Waals surface area contributed by atoms with Crippen molar-refractivity contribution in [2.45, 2.75) is 6.42 Å². The maximum atomic E-state index is 11.9. The number of benzene rings is 1. The fraction of sp³-hybridized carbons (Fsp3) is 0.250. The smallest absolute Gasteiger partial charge is 0.313 e. The van der Waals surface area contributed by atoms with Crippen LogP contribution in [0.1, 0.15) is 6.42 Å². The highest BCUT2D eigenvalue weighted by Gasteiger charge is 2.11. The fourth-order valence-electron chi connectivity index (χ4n) is 2.15. The van der Waals surface area contributed by atoms with Gasteiger partial charge in [-0.25, -0.2) is 4.79 Å². The normalized spacial score (nSPS) is 15.4. The number of nitrogens with zero attached hydrogens (tertiary/aromatic N) is 1. The largest absolute Gasteiger partial charge is 0.330 e. The molecule has 0 radical (unpaired) electrons. The van der Waals surface area contributed by atoms with Gasteiger partial charge >= 0.3 is 5.69 Å². The van der Waals surface area contributed by atoms with E-state index in [1.54, 1.807) is 4.57 Å². The van der Waals surface area contributed by atoms with E-state index < -0.39 is 0 Å². The van der Waals surface area contributed by atoms with Crippen LogP contribution in [0.4, 0.5) is 0 Å². The summed E-state index contributed by atoms with van der Waals surface area (Å²) in [5.74, 6) is 0. The van der Waals surface area contributed by atoms with Crippen LogP contribution in [0.3, 0.4) is 0 Å². The summed E-state index contributed by atoms with van der Waals surface area (Å²) in [6.07, 6.45) is 2.97. The molecule has 0 aliphatic carbocycles. The second-order valence-corrected chi connectivity index (χ2v) is 3.93. The van der Waals surface area contributed by atoms with E-state index in [-0.39, 0.29) is 18.1 Å². The number of H-pyrrole nitrogens is 1. The lowest BCUT2D eigenvalue weighted by atomic mass is 10.2. The minimum absolute atomic E-state index is 0. The monoisotopic (exact) mass is 251 g/mol. The molecule has 0 unspecified atom stereocenters. The summed E-state index contributed by atoms with van der Waals surface area (Å²) in [7, 11) is 0. The van der Waals surface area contributed by atoms with E-state index in [0.717, 1.165) is 36.2 Å². The molecule has 0 atom stereocenters. The Morgan fingerprint density at radius 2 is 2.06 bits per heavy atom. The number of fused-ring (bicyclic) bond motifs is 1. The van der Waals surface area contributed by atoms with Gasteiger partial charge in [-0.05, 0) is 12.1 Å². The molecule has 0 saturated heterocycles. The number of hydrogen-bond donors (Lipinski definition) is 2. The van der Waals surface area contributed by atoms with E-state index >= 15 is 0 Å². The number of halogens is 1. The SMILES string of the molecule is Cl.O=c1[nH]c2ccccc2n1C1=CCNCC1. The van der Waals surface area contributed by atoms with Crippen molar-refractivity contribution in [3.63, 3.8) is 0 Å². The van der Waals surface area contributed by atoms with E-state index in [9.17, 15) is 4.79 Å². The highest BCUT2D eigenvalue weighted by Crippen LogP contribution is 2.16. The van der Waals surface area contributed by atoms with Gasteiger partial charge in [-0.2, -0.15) is 0 Å². The number of aromatic nitrogens is 2. The lowest BCUT2D eigenvalue weighted by molar-refractivity contribution is 0.716. The minimum Gasteiger partial charge on any atom is -0.313 e. The average molecular weight is 252 g/mol. The molecule has 1 aromatic carbocycles. The molecule has 2 aromatic rings. The number of para-hydroxylation sites is 2. The Morgan fingerprint density at radius 1 is 1.24 bits per heavy atom. The van der Waals surface area contributed by atoms with Crippen molar-refractivity contribution < 1.29 is 0 Å². The lowest BCUT2D eigenvalue weighted by Crippen LogP contribution is -2.25. The molecule has 0 amide bonds. The maximum Gasteiger partial charge on any atom is 0.330 e. The van der Waals surface area contributed by atoms with Crippen molar-refractivity contribution in [2.24, 2.45) is 0 Å². The van der Waals surface area contributed by atoms with Crippen molar-refractivity contribution in [3.05, 3.63) is 40.8 Å². The summed E-state index contributed by atoms with van der Waals surface area (Å²) in [5, 5.41) is 3.24. The zero-order chi connectivity index (χ0) is 11.0. The van der Waals surface area contributed by atoms with E-state index in [4.69, 9.17) is 0 Å². The molecule has 90 valence electrons. The Balaban J connectivity index is 0.00000108. The molecule has 1 aliphatic rings. The number of nitrogens with one attached hydrogen (secondary N) is 2. The third-order valence-corrected chi connectivity index (χ3v) is 2.92. The lowest BCUT2D eigenvalue weighted by Gasteiger charge is -2.14. The molecule has 2 N–H and O–H groups in total. The predicted molar refractivity (Wildman–Crippen MR) is 71.6 cm³/mol. The van der Waals surface area contributed by atoms with Crippen LogP contribution in [-0.4, -0.2) is 22.6 Å². The number of imidazole rings is 1. The van der Waals surface area contributed by atoms with Gasteiger partial charge in [-0.15, -0.1) is 12.4 Å². The molecule has 0 spiro atoms. The molecular weight excluding hydrogens is 238 g/mol. The van der Waals surface area contributed by atoms with Crippen molar-refractivity contribution >= 4 is 29.1 Å². The summed E-state index contributed by atoms with van der Waals surface area (Å²) in [4.78, 5) is 14.8. The highest BCUT2D eigenvalue weighted by atomic mass is 35.5. The van der Waals surface area contributed by atoms with Crippen LogP contribution in [0.5, 0.6) is 0 Å². The number of hydrogen-bond acceptors (Lipinski definition) is 2. The summed E-state index contributed by atoms with van der Waals surface area (Å²) in [5.41, 5.74) is 2.89. The average Bonchev–Trinajstić information content (AvgIpc) is 2.66. The Labute approximate surface area is 105 Å². The van der Waals surface area contributed by atoms with Gasteiger partial charge in [0.15, 0.2) is 0 Å². The quantitative estimate of drug-likeness (QED) is 0.809. The number of rotatable bonds is 1. The Kier molecular flexibility index (Phi) is 3.36. The second-order valence-electron chi connectivity index (χ2n) is 3.93. The van der Waals surface area contributed by atoms with Gasteiger partial charge in [-0.3, -0.25) is 4.57 Å². The van der Waals surface area contributed by atoms with E-state index in [1.807, 2.05) is 24.3 Å². The molecule has 0 saturated carbocycles. The summed E-state index contributed by atoms with van der Waals surface area (Å²) in [6.45, 7) is 1.76. The Bertz CT molecular complexity index is 611. The van der Waals surface area contributed by atoms with E-state index in [2.05, 4.69) is 16.4 Å². The van der Waals surface area contributed by atoms with Gasteiger partial charge in [0.25, 0.3) is 0 Å². The fourth-order valence-corrected chi connectivity index (χ4v) is 2.15. The van der Waals surface area contributed by atoms with Crippen LogP contribution < -0.4 is 11.0 Å². The van der Waals surface area contributed by atoms with Crippen LogP contribution in [0.15, 0.2) is 35.1 Å². The first-order chi connectivity index (χ1) is 7.86. The zero-order valence-electron chi connectivity index (χ0n) is 9.27. The topological polar surface area (TPSA) is 49.8 Å². The zero-order valence-corrected chi connectivity index (χ0v) is 10.1. The van der Waals surface area contributed by atoms with Crippen LogP contribution in [0.25, 0.3) is 16.7 Å². The molecular formula is C12H14ClN3O. The van der Waals surface area contributed by atoms with Gasteiger partial charge < -0.3 is 10.3 Å². The molecule has 1 aliphatic heterocycles. The van der Waals surface area contributed by atoms with E-state index in [0.29, 0.717) is 0 Å². The third-order valence-electron chi connectivity index (χ3n) is 2.92. The van der Waals surface area contributed by atoms with Crippen LogP contribution in [0.2, 0.25) is 0 Å². The summed E-state index contributed by atoms with van der Waals surface area (Å²) < 4.78 is 1.77. The molecule has 17 heavy (non-hydrogen) atoms. The molecule has 0 fully saturated rings. The van der Waals surface area contributed by atoms with Crippen molar-refractivity contribution in [1.29, 1.82) is 0 Å². The molecule has 4 nitrogen and oxygen atoms in total. The molecule has 1 aromatic heterocycles. The second kappa shape index (κ2) is 4.77. The Morgan fingerprint density at radius 3 is 2.82 bits per heavy atom. The van der Waals surface area contributed by atoms with Crippen molar-refractivity contribution in [3.8, 4) is 0 Å². The number of aromatic amines is 1. The van der Waals surface area contributed by atoms with Crippen LogP contribution >= 0.6 is 12.4 Å². The summed E-state index contributed by atoms with van der Waals surface area (Å²) in [6, 6.07) is 7.78. The minimum atomic E-state index is -0.0469. The third kappa shape index (κ3) is 2.01. The molecule has 3 rings (SSSR count). The maximum absolute atomic E-state index is 11.9. The summed E-state index contributed by atoms with van der Waals surface area (Å²) >= 11 is 0. The van der Waals surface area contributed by atoms with Gasteiger partial charge in [0.2, 0.25) is 0 Å². The van der Waals surface area contributed by atoms with Crippen LogP contribution in [-0.2, 0) is 0 Å². The molecule has 0 bridgehead atoms. The van der Waals surface area contributed by atoms with Gasteiger partial charge in [0.1, 0.15) is 0 Å². The van der Waals surface area contributed by atoms with Crippen LogP contribution in [0, 0.1) is 0 Å². The van der Waals surface area contributed by atoms with E-state index in [1.165, 1.54) is 0 Å².